The number of benzene rings is 9. The summed E-state index contributed by atoms with van der Waals surface area (Å²) in [4.78, 5) is 1.61. The van der Waals surface area contributed by atoms with Crippen molar-refractivity contribution >= 4 is 70.3 Å². The molecule has 71 heavy (non-hydrogen) atoms. The van der Waals surface area contributed by atoms with Crippen LogP contribution < -0.4 is 0 Å². The van der Waals surface area contributed by atoms with E-state index >= 15 is 0 Å². The zero-order chi connectivity index (χ0) is 55.0. The number of hydrogen-bond donors (Lipinski definition) is 0. The molecule has 0 unspecified atom stereocenters. The third-order valence-electron chi connectivity index (χ3n) is 13.3. The van der Waals surface area contributed by atoms with Gasteiger partial charge in [0.25, 0.3) is 0 Å². The van der Waals surface area contributed by atoms with Crippen LogP contribution in [0.25, 0.3) is 70.1 Å². The van der Waals surface area contributed by atoms with Crippen LogP contribution in [0.5, 0.6) is 0 Å². The van der Waals surface area contributed by atoms with Crippen molar-refractivity contribution < 1.29 is 11.0 Å². The summed E-state index contributed by atoms with van der Waals surface area (Å²) in [6, 6.07) is 58.3. The Morgan fingerprint density at radius 3 is 1.99 bits per heavy atom. The minimum Gasteiger partial charge on any atom is -0.318 e. The Bertz CT molecular complexity index is 4260. The maximum Gasteiger partial charge on any atom is 0.0714 e. The number of thiophene rings is 1. The van der Waals surface area contributed by atoms with Gasteiger partial charge in [-0.05, 0) is 119 Å². The van der Waals surface area contributed by atoms with Gasteiger partial charge in [-0.2, -0.15) is 0 Å². The van der Waals surface area contributed by atoms with Crippen LogP contribution in [0.4, 0.5) is 0 Å². The highest BCUT2D eigenvalue weighted by molar-refractivity contribution is 7.26. The van der Waals surface area contributed by atoms with E-state index < -0.39 is 29.6 Å². The summed E-state index contributed by atoms with van der Waals surface area (Å²) in [7, 11) is 0. The first-order valence-corrected chi connectivity index (χ1v) is 24.2. The summed E-state index contributed by atoms with van der Waals surface area (Å²) in [5.41, 5.74) is 6.23. The Morgan fingerprint density at radius 2 is 1.25 bits per heavy atom. The molecule has 0 spiro atoms. The van der Waals surface area contributed by atoms with E-state index in [-0.39, 0.29) is 34.5 Å². The average molecular weight is 934 g/mol. The standard InChI is InChI=1S/C69H51NS/c1-5-56(29-21-24-53-47-52-23-13-14-30-58(52)61-32-16-15-31-59(53)61)70(46-45-66-57(6-2)62-33-17-19-37-65(62)69(66,54-25-9-7-10-26-54)55-27-11-8-12-28-55)49(4)40-39-48(3)50-41-43-51(44-42-50)60-35-22-36-64-63-34-18-20-38-67(63)71-68(60)64/h5-47H,1-4H2/b24-21+,40-39-,46-45+,56-29+/i3D,4D,39D,40D,41D,42D,43D,44D/b24-21+,40-39-,46-45+,48-3?,49-4?,56-29+. The van der Waals surface area contributed by atoms with Crippen LogP contribution in [-0.2, 0) is 5.41 Å². The van der Waals surface area contributed by atoms with Crippen LogP contribution in [0, 0.1) is 0 Å². The molecule has 0 saturated carbocycles. The van der Waals surface area contributed by atoms with Crippen LogP contribution in [0.1, 0.15) is 44.3 Å². The second kappa shape index (κ2) is 19.3. The minimum atomic E-state index is -0.863. The average Bonchev–Trinajstić information content (AvgIpc) is 4.24. The Balaban J connectivity index is 1.08. The molecule has 11 rings (SSSR count). The third-order valence-corrected chi connectivity index (χ3v) is 14.5. The molecule has 0 fully saturated rings. The van der Waals surface area contributed by atoms with Crippen molar-refractivity contribution in [3.05, 3.63) is 331 Å². The first-order chi connectivity index (χ1) is 38.6. The quantitative estimate of drug-likeness (QED) is 0.0776. The zero-order valence-corrected chi connectivity index (χ0v) is 39.6. The van der Waals surface area contributed by atoms with Gasteiger partial charge in [0.15, 0.2) is 0 Å². The molecule has 0 atom stereocenters. The van der Waals surface area contributed by atoms with E-state index in [1.165, 1.54) is 11.3 Å². The second-order valence-corrected chi connectivity index (χ2v) is 18.3. The smallest absolute Gasteiger partial charge is 0.0714 e. The van der Waals surface area contributed by atoms with Crippen molar-refractivity contribution in [3.63, 3.8) is 0 Å². The molecule has 0 aliphatic heterocycles. The molecule has 1 aromatic heterocycles. The molecule has 2 heteroatoms. The lowest BCUT2D eigenvalue weighted by atomic mass is 9.67. The predicted octanol–water partition coefficient (Wildman–Crippen LogP) is 18.7. The number of allylic oxidation sites excluding steroid dienone is 10. The van der Waals surface area contributed by atoms with Crippen molar-refractivity contribution in [2.24, 2.45) is 0 Å². The molecule has 0 radical (unpaired) electrons. The molecule has 0 N–H and O–H groups in total. The number of hydrogen-bond acceptors (Lipinski definition) is 2. The van der Waals surface area contributed by atoms with Gasteiger partial charge in [0, 0.05) is 37.8 Å². The summed E-state index contributed by atoms with van der Waals surface area (Å²) in [6.07, 6.45) is 12.9. The molecular weight excluding hydrogens is 875 g/mol. The van der Waals surface area contributed by atoms with Crippen LogP contribution in [0.15, 0.2) is 298 Å². The maximum atomic E-state index is 9.86. The molecule has 9 aromatic carbocycles. The fraction of sp³-hybridized carbons (Fsp3) is 0.0145. The normalized spacial score (nSPS) is 16.0. The fourth-order valence-corrected chi connectivity index (χ4v) is 11.3. The number of nitrogens with zero attached hydrogens (tertiary/aromatic N) is 1. The van der Waals surface area contributed by atoms with Gasteiger partial charge in [-0.1, -0.05) is 245 Å². The van der Waals surface area contributed by atoms with Gasteiger partial charge < -0.3 is 4.90 Å². The fourth-order valence-electron chi connectivity index (χ4n) is 10.1. The SMILES string of the molecule is [2H]C=C(/C([2H])=C(/[2H])C(=C[2H])N(/C=C/C1=C(C=C)c2ccccc2C1(c1ccccc1)c1ccccc1)/C(C=C)=C/C=C/c1cc2ccccc2c2ccccc12)c1c([2H])c([2H])c(-c2cccc3c2sc2ccccc23)c([2H])c1[2H]. The monoisotopic (exact) mass is 933 g/mol. The van der Waals surface area contributed by atoms with Crippen molar-refractivity contribution in [2.45, 2.75) is 5.41 Å². The Kier molecular flexibility index (Phi) is 9.83. The van der Waals surface area contributed by atoms with Crippen LogP contribution in [0.3, 0.4) is 0 Å². The topological polar surface area (TPSA) is 3.24 Å². The summed E-state index contributed by atoms with van der Waals surface area (Å²) >= 11 is 1.51. The van der Waals surface area contributed by atoms with E-state index in [2.05, 4.69) is 79.9 Å². The predicted molar refractivity (Wildman–Crippen MR) is 308 cm³/mol. The van der Waals surface area contributed by atoms with Crippen molar-refractivity contribution in [3.8, 4) is 11.1 Å². The van der Waals surface area contributed by atoms with Gasteiger partial charge in [-0.3, -0.25) is 0 Å². The molecular formula is C69H51NS. The summed E-state index contributed by atoms with van der Waals surface area (Å²) < 4.78 is 76.9. The third kappa shape index (κ3) is 8.05. The highest BCUT2D eigenvalue weighted by atomic mass is 32.1. The van der Waals surface area contributed by atoms with E-state index in [1.807, 2.05) is 140 Å². The highest BCUT2D eigenvalue weighted by Crippen LogP contribution is 2.55. The van der Waals surface area contributed by atoms with Gasteiger partial charge >= 0.3 is 0 Å². The minimum absolute atomic E-state index is 0.0964. The van der Waals surface area contributed by atoms with E-state index in [4.69, 9.17) is 2.74 Å². The van der Waals surface area contributed by atoms with Gasteiger partial charge in [0.1, 0.15) is 0 Å². The molecule has 0 amide bonds. The Hall–Kier alpha value is -8.82. The molecule has 1 aliphatic carbocycles. The molecule has 0 bridgehead atoms. The molecule has 1 nitrogen and oxygen atoms in total. The first-order valence-electron chi connectivity index (χ1n) is 27.6. The van der Waals surface area contributed by atoms with Crippen LogP contribution in [-0.4, -0.2) is 4.90 Å². The van der Waals surface area contributed by atoms with Gasteiger partial charge in [-0.15, -0.1) is 11.3 Å². The summed E-state index contributed by atoms with van der Waals surface area (Å²) in [6.45, 7) is 10.3. The number of fused-ring (bicyclic) bond motifs is 7. The molecule has 1 heterocycles. The summed E-state index contributed by atoms with van der Waals surface area (Å²) in [5.74, 6) is 0. The molecule has 10 aromatic rings. The maximum absolute atomic E-state index is 9.86. The lowest BCUT2D eigenvalue weighted by Crippen LogP contribution is -2.29. The van der Waals surface area contributed by atoms with Gasteiger partial charge in [0.05, 0.1) is 16.4 Å². The van der Waals surface area contributed by atoms with Crippen molar-refractivity contribution in [2.75, 3.05) is 0 Å². The van der Waals surface area contributed by atoms with E-state index in [0.29, 0.717) is 11.3 Å². The van der Waals surface area contributed by atoms with Crippen molar-refractivity contribution in [1.82, 2.24) is 4.90 Å². The lowest BCUT2D eigenvalue weighted by molar-refractivity contribution is 0.613. The Labute approximate surface area is 432 Å². The van der Waals surface area contributed by atoms with Crippen molar-refractivity contribution in [1.29, 1.82) is 0 Å². The largest absolute Gasteiger partial charge is 0.318 e. The van der Waals surface area contributed by atoms with E-state index in [0.717, 1.165) is 93.8 Å². The molecule has 0 saturated heterocycles. The van der Waals surface area contributed by atoms with E-state index in [1.54, 1.807) is 23.2 Å². The van der Waals surface area contributed by atoms with E-state index in [9.17, 15) is 8.22 Å². The van der Waals surface area contributed by atoms with Crippen LogP contribution >= 0.6 is 11.3 Å². The second-order valence-electron chi connectivity index (χ2n) is 17.2. The summed E-state index contributed by atoms with van der Waals surface area (Å²) in [5, 5.41) is 6.33. The van der Waals surface area contributed by atoms with Crippen LogP contribution in [0.2, 0.25) is 0 Å². The Morgan fingerprint density at radius 1 is 0.606 bits per heavy atom. The molecule has 1 aliphatic rings. The highest BCUT2D eigenvalue weighted by Gasteiger charge is 2.46. The van der Waals surface area contributed by atoms with Gasteiger partial charge in [-0.25, -0.2) is 0 Å². The first kappa shape index (κ1) is 36.2. The molecule has 338 valence electrons. The lowest BCUT2D eigenvalue weighted by Gasteiger charge is -2.35. The zero-order valence-electron chi connectivity index (χ0n) is 46.8. The number of rotatable bonds is 14. The van der Waals surface area contributed by atoms with Gasteiger partial charge in [0.2, 0.25) is 0 Å².